The van der Waals surface area contributed by atoms with Crippen molar-refractivity contribution in [2.24, 2.45) is 0 Å². The van der Waals surface area contributed by atoms with Gasteiger partial charge < -0.3 is 4.42 Å². The molecule has 0 aliphatic carbocycles. The van der Waals surface area contributed by atoms with Crippen LogP contribution in [0.4, 0.5) is 0 Å². The highest BCUT2D eigenvalue weighted by atomic mass is 16.3. The van der Waals surface area contributed by atoms with E-state index in [4.69, 9.17) is 4.42 Å². The first-order chi connectivity index (χ1) is 24.3. The first-order valence-corrected chi connectivity index (χ1v) is 17.7. The van der Waals surface area contributed by atoms with Gasteiger partial charge in [0, 0.05) is 10.8 Å². The van der Waals surface area contributed by atoms with Crippen LogP contribution in [0.1, 0.15) is 31.9 Å². The number of aryl methyl sites for hydroxylation is 1. The van der Waals surface area contributed by atoms with E-state index in [1.807, 2.05) is 0 Å². The second kappa shape index (κ2) is 9.61. The quantitative estimate of drug-likeness (QED) is 0.172. The average Bonchev–Trinajstić information content (AvgIpc) is 3.49. The summed E-state index contributed by atoms with van der Waals surface area (Å²) in [6.07, 6.45) is 0. The maximum Gasteiger partial charge on any atom is 0.136 e. The molecule has 11 rings (SSSR count). The number of fused-ring (bicyclic) bond motifs is 3. The Hall–Kier alpha value is -5.92. The zero-order valence-corrected chi connectivity index (χ0v) is 28.6. The molecule has 0 spiro atoms. The van der Waals surface area contributed by atoms with E-state index in [0.29, 0.717) is 0 Å². The van der Waals surface area contributed by atoms with E-state index in [1.165, 1.54) is 98.0 Å². The summed E-state index contributed by atoms with van der Waals surface area (Å²) in [5, 5.41) is 18.0. The lowest BCUT2D eigenvalue weighted by Crippen LogP contribution is -2.10. The minimum atomic E-state index is 0.0968. The normalized spacial score (nSPS) is 12.8. The van der Waals surface area contributed by atoms with Gasteiger partial charge in [0.1, 0.15) is 11.2 Å². The molecule has 0 aliphatic rings. The summed E-state index contributed by atoms with van der Waals surface area (Å²) in [5.74, 6) is 0. The lowest BCUT2D eigenvalue weighted by molar-refractivity contribution is 0.591. The third-order valence-electron chi connectivity index (χ3n) is 11.3. The van der Waals surface area contributed by atoms with E-state index in [2.05, 4.69) is 161 Å². The molecule has 11 aromatic rings. The number of furan rings is 1. The number of hydrogen-bond donors (Lipinski definition) is 0. The molecule has 0 N–H and O–H groups in total. The van der Waals surface area contributed by atoms with Crippen molar-refractivity contribution in [2.75, 3.05) is 0 Å². The molecule has 1 aromatic heterocycles. The molecule has 236 valence electrons. The molecule has 50 heavy (non-hydrogen) atoms. The highest BCUT2D eigenvalue weighted by molar-refractivity contribution is 6.27. The smallest absolute Gasteiger partial charge is 0.136 e. The highest BCUT2D eigenvalue weighted by Crippen LogP contribution is 2.44. The molecule has 1 heterocycles. The fraction of sp³-hybridized carbons (Fsp3) is 0.102. The molecular weight excluding hydrogens is 605 g/mol. The van der Waals surface area contributed by atoms with E-state index in [9.17, 15) is 0 Å². The van der Waals surface area contributed by atoms with Crippen molar-refractivity contribution in [2.45, 2.75) is 33.1 Å². The summed E-state index contributed by atoms with van der Waals surface area (Å²) < 4.78 is 6.69. The molecular formula is C49H34O. The van der Waals surface area contributed by atoms with Crippen LogP contribution in [0.5, 0.6) is 0 Å². The van der Waals surface area contributed by atoms with Gasteiger partial charge in [0.2, 0.25) is 0 Å². The van der Waals surface area contributed by atoms with Gasteiger partial charge in [-0.2, -0.15) is 0 Å². The van der Waals surface area contributed by atoms with Crippen LogP contribution in [0.3, 0.4) is 0 Å². The van der Waals surface area contributed by atoms with Gasteiger partial charge in [-0.15, -0.1) is 0 Å². The van der Waals surface area contributed by atoms with Crippen molar-refractivity contribution in [3.05, 3.63) is 145 Å². The first kappa shape index (κ1) is 28.0. The average molecular weight is 639 g/mol. The third-order valence-corrected chi connectivity index (χ3v) is 11.3. The molecule has 0 atom stereocenters. The van der Waals surface area contributed by atoms with Crippen LogP contribution in [-0.4, -0.2) is 0 Å². The van der Waals surface area contributed by atoms with Crippen LogP contribution in [0.25, 0.3) is 109 Å². The minimum Gasteiger partial charge on any atom is -0.456 e. The van der Waals surface area contributed by atoms with Crippen LogP contribution in [0, 0.1) is 6.92 Å². The number of rotatable bonds is 2. The van der Waals surface area contributed by atoms with Gasteiger partial charge in [0.15, 0.2) is 0 Å². The molecule has 1 heteroatoms. The van der Waals surface area contributed by atoms with Crippen molar-refractivity contribution < 1.29 is 4.42 Å². The molecule has 0 saturated heterocycles. The zero-order chi connectivity index (χ0) is 33.5. The Bertz CT molecular complexity index is 3150. The molecule has 0 unspecified atom stereocenters. The van der Waals surface area contributed by atoms with E-state index < -0.39 is 0 Å². The second-order valence-electron chi connectivity index (χ2n) is 15.4. The minimum absolute atomic E-state index is 0.0968. The Morgan fingerprint density at radius 3 is 1.26 bits per heavy atom. The van der Waals surface area contributed by atoms with Crippen LogP contribution in [0.2, 0.25) is 0 Å². The summed E-state index contributed by atoms with van der Waals surface area (Å²) in [7, 11) is 0. The molecule has 0 bridgehead atoms. The SMILES string of the molecule is Cc1cc2ccc3ccc(-c4ccc5c(c4)oc4cc(-c6ccc7ccc8cc(C(C)(C)C)cc9ccc6c7c89)ccc45)c4ccc(c1)c2c34. The van der Waals surface area contributed by atoms with Crippen LogP contribution in [0.15, 0.2) is 138 Å². The predicted molar refractivity (Wildman–Crippen MR) is 215 cm³/mol. The number of hydrogen-bond acceptors (Lipinski definition) is 1. The Balaban J connectivity index is 1.06. The fourth-order valence-electron chi connectivity index (χ4n) is 8.84. The molecule has 0 saturated carbocycles. The zero-order valence-electron chi connectivity index (χ0n) is 28.6. The Labute approximate surface area is 290 Å². The summed E-state index contributed by atoms with van der Waals surface area (Å²) in [4.78, 5) is 0. The van der Waals surface area contributed by atoms with Gasteiger partial charge >= 0.3 is 0 Å². The molecule has 0 fully saturated rings. The van der Waals surface area contributed by atoms with Gasteiger partial charge in [-0.05, 0) is 135 Å². The monoisotopic (exact) mass is 638 g/mol. The van der Waals surface area contributed by atoms with Crippen molar-refractivity contribution in [1.29, 1.82) is 0 Å². The van der Waals surface area contributed by atoms with Gasteiger partial charge in [-0.25, -0.2) is 0 Å². The van der Waals surface area contributed by atoms with Crippen LogP contribution >= 0.6 is 0 Å². The summed E-state index contributed by atoms with van der Waals surface area (Å²) in [6.45, 7) is 9.06. The standard InChI is InChI=1S/C49H34O/c1-27-21-32-7-5-28-9-15-37(41-19-13-33(22-27)45(32)47(28)41)30-11-17-39-40-18-12-31(26-44(40)50-43(39)25-30)38-16-10-29-6-8-34-23-36(49(2,3)4)24-35-14-20-42(38)48(29)46(34)35/h5-26H,1-4H3. The maximum absolute atomic E-state index is 6.69. The summed E-state index contributed by atoms with van der Waals surface area (Å²) in [6, 6.07) is 50.2. The largest absolute Gasteiger partial charge is 0.456 e. The summed E-state index contributed by atoms with van der Waals surface area (Å²) in [5.41, 5.74) is 9.41. The van der Waals surface area contributed by atoms with Crippen LogP contribution in [-0.2, 0) is 5.41 Å². The van der Waals surface area contributed by atoms with Gasteiger partial charge in [-0.3, -0.25) is 0 Å². The number of benzene rings is 10. The van der Waals surface area contributed by atoms with E-state index in [-0.39, 0.29) is 5.41 Å². The Morgan fingerprint density at radius 1 is 0.380 bits per heavy atom. The van der Waals surface area contributed by atoms with Gasteiger partial charge in [0.05, 0.1) is 0 Å². The summed E-state index contributed by atoms with van der Waals surface area (Å²) >= 11 is 0. The van der Waals surface area contributed by atoms with Crippen molar-refractivity contribution in [1.82, 2.24) is 0 Å². The first-order valence-electron chi connectivity index (χ1n) is 17.7. The lowest BCUT2D eigenvalue weighted by atomic mass is 9.83. The molecule has 10 aromatic carbocycles. The molecule has 0 amide bonds. The van der Waals surface area contributed by atoms with Crippen molar-refractivity contribution in [3.8, 4) is 22.3 Å². The lowest BCUT2D eigenvalue weighted by Gasteiger charge is -2.22. The third kappa shape index (κ3) is 3.83. The van der Waals surface area contributed by atoms with Gasteiger partial charge in [0.25, 0.3) is 0 Å². The van der Waals surface area contributed by atoms with Crippen molar-refractivity contribution in [3.63, 3.8) is 0 Å². The molecule has 0 aliphatic heterocycles. The van der Waals surface area contributed by atoms with Crippen molar-refractivity contribution >= 4 is 86.6 Å². The predicted octanol–water partition coefficient (Wildman–Crippen LogP) is 14.3. The molecule has 0 radical (unpaired) electrons. The fourth-order valence-corrected chi connectivity index (χ4v) is 8.84. The van der Waals surface area contributed by atoms with E-state index >= 15 is 0 Å². The topological polar surface area (TPSA) is 13.1 Å². The Morgan fingerprint density at radius 2 is 0.780 bits per heavy atom. The van der Waals surface area contributed by atoms with Crippen LogP contribution < -0.4 is 0 Å². The maximum atomic E-state index is 6.69. The second-order valence-corrected chi connectivity index (χ2v) is 15.4. The van der Waals surface area contributed by atoms with E-state index in [1.54, 1.807) is 0 Å². The van der Waals surface area contributed by atoms with Gasteiger partial charge in [-0.1, -0.05) is 130 Å². The molecule has 1 nitrogen and oxygen atoms in total. The Kier molecular flexibility index (Phi) is 5.38. The van der Waals surface area contributed by atoms with E-state index in [0.717, 1.165) is 21.9 Å². The highest BCUT2D eigenvalue weighted by Gasteiger charge is 2.19.